The Morgan fingerprint density at radius 2 is 2.00 bits per heavy atom. The van der Waals surface area contributed by atoms with Crippen LogP contribution in [0.2, 0.25) is 0 Å². The SMILES string of the molecule is COC(=O)C1(Nc2c([N+](=O)[O-])cnc3c2ccn3S(=O)(=O)c2ccccc2)CCN(C)C1. The first kappa shape index (κ1) is 21.7. The number of nitro groups is 1. The van der Waals surface area contributed by atoms with Crippen molar-refractivity contribution in [3.63, 3.8) is 0 Å². The predicted molar refractivity (Wildman–Crippen MR) is 116 cm³/mol. The fourth-order valence-electron chi connectivity index (χ4n) is 3.98. The smallest absolute Gasteiger partial charge is 0.332 e. The number of benzene rings is 1. The molecule has 32 heavy (non-hydrogen) atoms. The lowest BCUT2D eigenvalue weighted by Gasteiger charge is -2.28. The van der Waals surface area contributed by atoms with Crippen LogP contribution < -0.4 is 5.32 Å². The van der Waals surface area contributed by atoms with Gasteiger partial charge >= 0.3 is 11.7 Å². The second kappa shape index (κ2) is 7.88. The Morgan fingerprint density at radius 3 is 2.59 bits per heavy atom. The third kappa shape index (κ3) is 3.46. The van der Waals surface area contributed by atoms with Gasteiger partial charge in [0.15, 0.2) is 5.65 Å². The maximum absolute atomic E-state index is 13.1. The monoisotopic (exact) mass is 459 g/mol. The van der Waals surface area contributed by atoms with E-state index >= 15 is 0 Å². The molecule has 1 atom stereocenters. The number of carbonyl (C=O) groups excluding carboxylic acids is 1. The van der Waals surface area contributed by atoms with Crippen LogP contribution in [0.5, 0.6) is 0 Å². The summed E-state index contributed by atoms with van der Waals surface area (Å²) in [5.41, 5.74) is -1.57. The topological polar surface area (TPSA) is 137 Å². The summed E-state index contributed by atoms with van der Waals surface area (Å²) in [5, 5.41) is 15.0. The molecule has 1 N–H and O–H groups in total. The standard InChI is InChI=1S/C20H21N5O6S/c1-23-11-9-20(13-23,19(26)31-2)22-17-15-8-10-24(18(15)21-12-16(17)25(27)28)32(29,30)14-6-4-3-5-7-14/h3-8,10,12H,9,11,13H2,1-2H3,(H,21,22). The zero-order chi connectivity index (χ0) is 23.1. The van der Waals surface area contributed by atoms with Gasteiger partial charge in [-0.3, -0.25) is 10.1 Å². The number of ether oxygens (including phenoxy) is 1. The van der Waals surface area contributed by atoms with E-state index in [1.54, 1.807) is 18.2 Å². The fraction of sp³-hybridized carbons (Fsp3) is 0.300. The Labute approximate surface area is 183 Å². The largest absolute Gasteiger partial charge is 0.467 e. The summed E-state index contributed by atoms with van der Waals surface area (Å²) in [7, 11) is -0.909. The number of methoxy groups -OCH3 is 1. The molecule has 3 heterocycles. The van der Waals surface area contributed by atoms with Gasteiger partial charge in [-0.1, -0.05) is 18.2 Å². The van der Waals surface area contributed by atoms with Crippen molar-refractivity contribution in [3.05, 3.63) is 58.9 Å². The molecule has 1 aromatic carbocycles. The summed E-state index contributed by atoms with van der Waals surface area (Å²) in [6.45, 7) is 0.844. The highest BCUT2D eigenvalue weighted by Gasteiger charge is 2.46. The van der Waals surface area contributed by atoms with Crippen LogP contribution >= 0.6 is 0 Å². The molecule has 0 bridgehead atoms. The number of hydrogen-bond acceptors (Lipinski definition) is 9. The lowest BCUT2D eigenvalue weighted by Crippen LogP contribution is -2.49. The lowest BCUT2D eigenvalue weighted by molar-refractivity contribution is -0.384. The molecule has 11 nitrogen and oxygen atoms in total. The van der Waals surface area contributed by atoms with Gasteiger partial charge in [0.25, 0.3) is 10.0 Å². The molecule has 1 fully saturated rings. The third-order valence-electron chi connectivity index (χ3n) is 5.56. The van der Waals surface area contributed by atoms with Crippen LogP contribution in [-0.2, 0) is 19.6 Å². The van der Waals surface area contributed by atoms with E-state index in [1.165, 1.54) is 31.5 Å². The van der Waals surface area contributed by atoms with Crippen molar-refractivity contribution < 1.29 is 22.9 Å². The third-order valence-corrected chi connectivity index (χ3v) is 7.24. The minimum atomic E-state index is -3.99. The van der Waals surface area contributed by atoms with Gasteiger partial charge < -0.3 is 15.0 Å². The molecule has 1 saturated heterocycles. The van der Waals surface area contributed by atoms with Crippen molar-refractivity contribution in [1.29, 1.82) is 0 Å². The van der Waals surface area contributed by atoms with Gasteiger partial charge in [0.2, 0.25) is 0 Å². The van der Waals surface area contributed by atoms with E-state index in [0.29, 0.717) is 13.0 Å². The van der Waals surface area contributed by atoms with E-state index in [2.05, 4.69) is 10.3 Å². The number of nitrogens with zero attached hydrogens (tertiary/aromatic N) is 4. The Bertz CT molecular complexity index is 1310. The number of likely N-dealkylation sites (tertiary alicyclic amines) is 1. The molecule has 1 unspecified atom stereocenters. The van der Waals surface area contributed by atoms with Gasteiger partial charge in [-0.15, -0.1) is 0 Å². The Morgan fingerprint density at radius 1 is 1.28 bits per heavy atom. The maximum atomic E-state index is 13.1. The molecule has 0 spiro atoms. The van der Waals surface area contributed by atoms with Crippen molar-refractivity contribution in [2.24, 2.45) is 0 Å². The van der Waals surface area contributed by atoms with Gasteiger partial charge in [-0.2, -0.15) is 0 Å². The van der Waals surface area contributed by atoms with Gasteiger partial charge in [-0.25, -0.2) is 22.2 Å². The second-order valence-corrected chi connectivity index (χ2v) is 9.44. The highest BCUT2D eigenvalue weighted by molar-refractivity contribution is 7.90. The molecule has 0 amide bonds. The highest BCUT2D eigenvalue weighted by atomic mass is 32.2. The normalized spacial score (nSPS) is 19.2. The van der Waals surface area contributed by atoms with Gasteiger partial charge in [0, 0.05) is 19.3 Å². The lowest BCUT2D eigenvalue weighted by atomic mass is 9.97. The Balaban J connectivity index is 1.90. The van der Waals surface area contributed by atoms with Crippen molar-refractivity contribution in [3.8, 4) is 0 Å². The number of aromatic nitrogens is 2. The number of esters is 1. The molecule has 3 aromatic rings. The molecule has 0 radical (unpaired) electrons. The van der Waals surface area contributed by atoms with Crippen LogP contribution in [0, 0.1) is 10.1 Å². The van der Waals surface area contributed by atoms with E-state index in [4.69, 9.17) is 4.74 Å². The number of likely N-dealkylation sites (N-methyl/N-ethyl adjacent to an activating group) is 1. The first-order chi connectivity index (χ1) is 15.2. The zero-order valence-electron chi connectivity index (χ0n) is 17.4. The quantitative estimate of drug-likeness (QED) is 0.332. The first-order valence-corrected chi connectivity index (χ1v) is 11.1. The molecule has 1 aliphatic rings. The molecule has 168 valence electrons. The highest BCUT2D eigenvalue weighted by Crippen LogP contribution is 2.37. The van der Waals surface area contributed by atoms with E-state index in [-0.39, 0.29) is 33.8 Å². The molecule has 12 heteroatoms. The second-order valence-electron chi connectivity index (χ2n) is 7.63. The van der Waals surface area contributed by atoms with Crippen LogP contribution in [0.15, 0.2) is 53.7 Å². The minimum absolute atomic E-state index is 0.00770. The Kier molecular flexibility index (Phi) is 5.34. The summed E-state index contributed by atoms with van der Waals surface area (Å²) in [4.78, 5) is 29.8. The predicted octanol–water partition coefficient (Wildman–Crippen LogP) is 1.84. The molecule has 0 saturated carbocycles. The number of anilines is 1. The number of nitrogens with one attached hydrogen (secondary N) is 1. The number of carbonyl (C=O) groups is 1. The van der Waals surface area contributed by atoms with E-state index in [9.17, 15) is 23.3 Å². The summed E-state index contributed by atoms with van der Waals surface area (Å²) >= 11 is 0. The van der Waals surface area contributed by atoms with Gasteiger partial charge in [0.05, 0.1) is 22.3 Å². The van der Waals surface area contributed by atoms with E-state index < -0.39 is 26.5 Å². The van der Waals surface area contributed by atoms with Crippen molar-refractivity contribution in [1.82, 2.24) is 13.9 Å². The maximum Gasteiger partial charge on any atom is 0.332 e. The molecule has 1 aliphatic heterocycles. The summed E-state index contributed by atoms with van der Waals surface area (Å²) in [6.07, 6.45) is 2.64. The fourth-order valence-corrected chi connectivity index (χ4v) is 5.30. The zero-order valence-corrected chi connectivity index (χ0v) is 18.2. The van der Waals surface area contributed by atoms with Crippen molar-refractivity contribution in [2.45, 2.75) is 16.9 Å². The molecular weight excluding hydrogens is 438 g/mol. The van der Waals surface area contributed by atoms with Crippen LogP contribution in [0.3, 0.4) is 0 Å². The molecule has 0 aliphatic carbocycles. The molecule has 4 rings (SSSR count). The van der Waals surface area contributed by atoms with Crippen LogP contribution in [0.4, 0.5) is 11.4 Å². The van der Waals surface area contributed by atoms with Gasteiger partial charge in [0.1, 0.15) is 17.4 Å². The van der Waals surface area contributed by atoms with Crippen molar-refractivity contribution >= 4 is 38.4 Å². The average Bonchev–Trinajstić information content (AvgIpc) is 3.38. The number of fused-ring (bicyclic) bond motifs is 1. The average molecular weight is 459 g/mol. The summed E-state index contributed by atoms with van der Waals surface area (Å²) < 4.78 is 32.2. The van der Waals surface area contributed by atoms with Crippen LogP contribution in [-0.4, -0.2) is 66.0 Å². The Hall–Kier alpha value is -3.51. The summed E-state index contributed by atoms with van der Waals surface area (Å²) in [5.74, 6) is -0.558. The van der Waals surface area contributed by atoms with Gasteiger partial charge in [-0.05, 0) is 31.7 Å². The minimum Gasteiger partial charge on any atom is -0.467 e. The number of rotatable bonds is 6. The first-order valence-electron chi connectivity index (χ1n) is 9.70. The molecule has 2 aromatic heterocycles. The van der Waals surface area contributed by atoms with Crippen LogP contribution in [0.25, 0.3) is 11.0 Å². The number of hydrogen-bond donors (Lipinski definition) is 1. The molecular formula is C20H21N5O6S. The summed E-state index contributed by atoms with van der Waals surface area (Å²) in [6, 6.07) is 9.23. The number of pyridine rings is 1. The van der Waals surface area contributed by atoms with E-state index in [0.717, 1.165) is 10.2 Å². The van der Waals surface area contributed by atoms with Crippen LogP contribution in [0.1, 0.15) is 6.42 Å². The van der Waals surface area contributed by atoms with E-state index in [1.807, 2.05) is 11.9 Å². The van der Waals surface area contributed by atoms with Crippen molar-refractivity contribution in [2.75, 3.05) is 32.6 Å².